The lowest BCUT2D eigenvalue weighted by atomic mass is 10.3. The van der Waals surface area contributed by atoms with Crippen molar-refractivity contribution in [2.24, 2.45) is 0 Å². The Kier molecular flexibility index (Phi) is 4.46. The molecule has 112 valence electrons. The van der Waals surface area contributed by atoms with Crippen LogP contribution in [-0.4, -0.2) is 51.5 Å². The van der Waals surface area contributed by atoms with Crippen molar-refractivity contribution in [3.8, 4) is 0 Å². The van der Waals surface area contributed by atoms with Crippen molar-refractivity contribution in [3.05, 3.63) is 35.0 Å². The zero-order valence-electron chi connectivity index (χ0n) is 11.5. The summed E-state index contributed by atoms with van der Waals surface area (Å²) in [5.41, 5.74) is 2.64. The second-order valence-electron chi connectivity index (χ2n) is 4.81. The lowest BCUT2D eigenvalue weighted by Gasteiger charge is -2.32. The van der Waals surface area contributed by atoms with E-state index in [0.29, 0.717) is 32.8 Å². The molecule has 1 saturated heterocycles. The van der Waals surface area contributed by atoms with Crippen LogP contribution in [0.2, 0.25) is 0 Å². The summed E-state index contributed by atoms with van der Waals surface area (Å²) in [6, 6.07) is 1.80. The van der Waals surface area contributed by atoms with E-state index >= 15 is 0 Å². The molecular formula is C13H17N5O2S. The molecule has 0 spiro atoms. The number of rotatable bonds is 4. The van der Waals surface area contributed by atoms with Crippen molar-refractivity contribution in [2.45, 2.75) is 19.2 Å². The van der Waals surface area contributed by atoms with E-state index in [-0.39, 0.29) is 12.1 Å². The molecule has 2 aromatic heterocycles. The number of nitrogens with zero attached hydrogens (tertiary/aromatic N) is 4. The summed E-state index contributed by atoms with van der Waals surface area (Å²) in [7, 11) is 0. The molecule has 1 aliphatic rings. The van der Waals surface area contributed by atoms with Gasteiger partial charge in [0.1, 0.15) is 0 Å². The molecule has 1 unspecified atom stereocenters. The maximum absolute atomic E-state index is 12.2. The smallest absolute Gasteiger partial charge is 0.317 e. The van der Waals surface area contributed by atoms with Gasteiger partial charge in [-0.25, -0.2) is 9.78 Å². The van der Waals surface area contributed by atoms with Gasteiger partial charge in [0.05, 0.1) is 43.5 Å². The number of carbonyl (C=O) groups excluding carboxylic acids is 1. The first-order valence-corrected chi connectivity index (χ1v) is 7.74. The summed E-state index contributed by atoms with van der Waals surface area (Å²) >= 11 is 1.52. The Balaban J connectivity index is 1.49. The number of morpholine rings is 1. The molecule has 0 aliphatic carbocycles. The van der Waals surface area contributed by atoms with E-state index in [1.54, 1.807) is 16.6 Å². The molecule has 7 nitrogen and oxygen atoms in total. The van der Waals surface area contributed by atoms with Crippen molar-refractivity contribution in [1.29, 1.82) is 0 Å². The molecule has 3 heterocycles. The van der Waals surface area contributed by atoms with Crippen LogP contribution < -0.4 is 5.32 Å². The molecule has 0 aromatic carbocycles. The van der Waals surface area contributed by atoms with Crippen molar-refractivity contribution < 1.29 is 9.53 Å². The molecule has 3 rings (SSSR count). The fourth-order valence-corrected chi connectivity index (χ4v) is 2.79. The van der Waals surface area contributed by atoms with Gasteiger partial charge in [-0.05, 0) is 6.07 Å². The third kappa shape index (κ3) is 3.79. The molecule has 1 fully saturated rings. The third-order valence-electron chi connectivity index (χ3n) is 3.28. The molecule has 2 aromatic rings. The van der Waals surface area contributed by atoms with Gasteiger partial charge in [0.2, 0.25) is 0 Å². The molecule has 2 amide bonds. The number of hydrogen-bond acceptors (Lipinski definition) is 5. The first kappa shape index (κ1) is 14.0. The van der Waals surface area contributed by atoms with Gasteiger partial charge in [0.15, 0.2) is 0 Å². The van der Waals surface area contributed by atoms with Crippen molar-refractivity contribution in [3.63, 3.8) is 0 Å². The van der Waals surface area contributed by atoms with Crippen LogP contribution in [0.5, 0.6) is 0 Å². The van der Waals surface area contributed by atoms with E-state index in [2.05, 4.69) is 15.4 Å². The van der Waals surface area contributed by atoms with Gasteiger partial charge in [-0.2, -0.15) is 5.10 Å². The van der Waals surface area contributed by atoms with Gasteiger partial charge in [-0.15, -0.1) is 11.3 Å². The third-order valence-corrected chi connectivity index (χ3v) is 3.92. The Bertz CT molecular complexity index is 557. The summed E-state index contributed by atoms with van der Waals surface area (Å²) in [6.07, 6.45) is 3.61. The SMILES string of the molecule is O=C(NCc1cscn1)N1CCOC(Cn2cccn2)C1. The predicted molar refractivity (Wildman–Crippen MR) is 77.9 cm³/mol. The van der Waals surface area contributed by atoms with Gasteiger partial charge < -0.3 is 15.0 Å². The number of carbonyl (C=O) groups is 1. The Hall–Kier alpha value is -1.93. The average molecular weight is 307 g/mol. The molecule has 1 aliphatic heterocycles. The molecule has 1 N–H and O–H groups in total. The highest BCUT2D eigenvalue weighted by Gasteiger charge is 2.24. The Morgan fingerprint density at radius 2 is 2.52 bits per heavy atom. The van der Waals surface area contributed by atoms with E-state index < -0.39 is 0 Å². The second-order valence-corrected chi connectivity index (χ2v) is 5.52. The highest BCUT2D eigenvalue weighted by Crippen LogP contribution is 2.08. The number of ether oxygens (including phenoxy) is 1. The van der Waals surface area contributed by atoms with Crippen molar-refractivity contribution >= 4 is 17.4 Å². The molecule has 0 radical (unpaired) electrons. The van der Waals surface area contributed by atoms with E-state index in [0.717, 1.165) is 5.69 Å². The Morgan fingerprint density at radius 1 is 1.57 bits per heavy atom. The van der Waals surface area contributed by atoms with Gasteiger partial charge >= 0.3 is 6.03 Å². The minimum absolute atomic E-state index is 0.0244. The minimum atomic E-state index is -0.0724. The average Bonchev–Trinajstić information content (AvgIpc) is 3.18. The highest BCUT2D eigenvalue weighted by molar-refractivity contribution is 7.07. The lowest BCUT2D eigenvalue weighted by Crippen LogP contribution is -2.50. The number of amides is 2. The first-order chi connectivity index (χ1) is 10.3. The summed E-state index contributed by atoms with van der Waals surface area (Å²) < 4.78 is 7.51. The number of hydrogen-bond donors (Lipinski definition) is 1. The second kappa shape index (κ2) is 6.68. The summed E-state index contributed by atoms with van der Waals surface area (Å²) in [5, 5.41) is 8.98. The monoisotopic (exact) mass is 307 g/mol. The Labute approximate surface area is 126 Å². The number of aromatic nitrogens is 3. The molecule has 1 atom stereocenters. The van der Waals surface area contributed by atoms with Gasteiger partial charge in [-0.3, -0.25) is 4.68 Å². The van der Waals surface area contributed by atoms with Crippen molar-refractivity contribution in [2.75, 3.05) is 19.7 Å². The van der Waals surface area contributed by atoms with Crippen LogP contribution in [0.4, 0.5) is 4.79 Å². The quantitative estimate of drug-likeness (QED) is 0.913. The molecule has 0 bridgehead atoms. The molecular weight excluding hydrogens is 290 g/mol. The normalized spacial score (nSPS) is 18.7. The summed E-state index contributed by atoms with van der Waals surface area (Å²) in [5.74, 6) is 0. The number of nitrogens with one attached hydrogen (secondary N) is 1. The van der Waals surface area contributed by atoms with Gasteiger partial charge in [0.25, 0.3) is 0 Å². The zero-order chi connectivity index (χ0) is 14.5. The maximum Gasteiger partial charge on any atom is 0.317 e. The Morgan fingerprint density at radius 3 is 3.29 bits per heavy atom. The fourth-order valence-electron chi connectivity index (χ4n) is 2.23. The molecule has 0 saturated carbocycles. The van der Waals surface area contributed by atoms with Crippen LogP contribution in [0.15, 0.2) is 29.4 Å². The topological polar surface area (TPSA) is 72.3 Å². The minimum Gasteiger partial charge on any atom is -0.373 e. The summed E-state index contributed by atoms with van der Waals surface area (Å²) in [6.45, 7) is 2.85. The van der Waals surface area contributed by atoms with Gasteiger partial charge in [0, 0.05) is 24.3 Å². The lowest BCUT2D eigenvalue weighted by molar-refractivity contribution is -0.0237. The number of thiazole rings is 1. The van der Waals surface area contributed by atoms with E-state index in [1.165, 1.54) is 11.3 Å². The van der Waals surface area contributed by atoms with Crippen LogP contribution in [-0.2, 0) is 17.8 Å². The van der Waals surface area contributed by atoms with Crippen LogP contribution in [0.25, 0.3) is 0 Å². The van der Waals surface area contributed by atoms with Crippen molar-refractivity contribution in [1.82, 2.24) is 25.0 Å². The maximum atomic E-state index is 12.2. The first-order valence-electron chi connectivity index (χ1n) is 6.80. The molecule has 21 heavy (non-hydrogen) atoms. The van der Waals surface area contributed by atoms with Gasteiger partial charge in [-0.1, -0.05) is 0 Å². The largest absolute Gasteiger partial charge is 0.373 e. The van der Waals surface area contributed by atoms with E-state index in [4.69, 9.17) is 4.74 Å². The standard InChI is InChI=1S/C13H17N5O2S/c19-13(14-6-11-9-21-10-15-11)17-4-5-20-12(7-17)8-18-3-1-2-16-18/h1-3,9-10,12H,4-8H2,(H,14,19). The summed E-state index contributed by atoms with van der Waals surface area (Å²) in [4.78, 5) is 18.1. The van der Waals surface area contributed by atoms with Crippen LogP contribution in [0.3, 0.4) is 0 Å². The number of urea groups is 1. The van der Waals surface area contributed by atoms with E-state index in [9.17, 15) is 4.79 Å². The highest BCUT2D eigenvalue weighted by atomic mass is 32.1. The molecule has 8 heteroatoms. The van der Waals surface area contributed by atoms with E-state index in [1.807, 2.05) is 22.3 Å². The van der Waals surface area contributed by atoms with Crippen LogP contribution >= 0.6 is 11.3 Å². The van der Waals surface area contributed by atoms with Crippen LogP contribution in [0.1, 0.15) is 5.69 Å². The fraction of sp³-hybridized carbons (Fsp3) is 0.462. The zero-order valence-corrected chi connectivity index (χ0v) is 12.3. The van der Waals surface area contributed by atoms with Crippen LogP contribution in [0, 0.1) is 0 Å². The predicted octanol–water partition coefficient (Wildman–Crippen LogP) is 0.950.